The van der Waals surface area contributed by atoms with Crippen LogP contribution >= 0.6 is 12.2 Å². The topological polar surface area (TPSA) is 57.1 Å². The van der Waals surface area contributed by atoms with Gasteiger partial charge in [0.1, 0.15) is 0 Å². The summed E-state index contributed by atoms with van der Waals surface area (Å²) in [5, 5.41) is 5.52. The second-order valence-corrected chi connectivity index (χ2v) is 7.40. The highest BCUT2D eigenvalue weighted by atomic mass is 32.1. The van der Waals surface area contributed by atoms with E-state index in [0.29, 0.717) is 17.7 Å². The minimum Gasteiger partial charge on any atom is -0.366 e. The smallest absolute Gasteiger partial charge is 0.261 e. The van der Waals surface area contributed by atoms with E-state index < -0.39 is 0 Å². The molecule has 0 aromatic heterocycles. The molecular formula is C20H23N4O2S+. The fourth-order valence-electron chi connectivity index (χ4n) is 3.99. The average Bonchev–Trinajstić information content (AvgIpc) is 2.71. The summed E-state index contributed by atoms with van der Waals surface area (Å²) in [7, 11) is 1.84. The van der Waals surface area contributed by atoms with E-state index in [-0.39, 0.29) is 11.8 Å². The van der Waals surface area contributed by atoms with Crippen molar-refractivity contribution in [2.75, 3.05) is 46.3 Å². The molecule has 0 radical (unpaired) electrons. The van der Waals surface area contributed by atoms with Gasteiger partial charge in [0.15, 0.2) is 5.11 Å². The number of rotatable bonds is 3. The van der Waals surface area contributed by atoms with Crippen LogP contribution in [-0.2, 0) is 0 Å². The quantitative estimate of drug-likeness (QED) is 0.583. The van der Waals surface area contributed by atoms with Gasteiger partial charge in [-0.2, -0.15) is 0 Å². The summed E-state index contributed by atoms with van der Waals surface area (Å²) in [5.74, 6) is -0.364. The highest BCUT2D eigenvalue weighted by molar-refractivity contribution is 7.80. The third-order valence-corrected chi connectivity index (χ3v) is 5.98. The summed E-state index contributed by atoms with van der Waals surface area (Å²) in [6.07, 6.45) is 0. The first-order valence-corrected chi connectivity index (χ1v) is 9.69. The van der Waals surface area contributed by atoms with Crippen LogP contribution in [0.5, 0.6) is 0 Å². The zero-order valence-electron chi connectivity index (χ0n) is 15.3. The lowest BCUT2D eigenvalue weighted by atomic mass is 9.94. The Morgan fingerprint density at radius 3 is 2.22 bits per heavy atom. The minimum absolute atomic E-state index is 0.182. The first-order chi connectivity index (χ1) is 13.1. The number of benzene rings is 2. The van der Waals surface area contributed by atoms with Gasteiger partial charge in [-0.1, -0.05) is 24.3 Å². The third-order valence-electron chi connectivity index (χ3n) is 5.52. The fourth-order valence-corrected chi connectivity index (χ4v) is 4.17. The monoisotopic (exact) mass is 383 g/mol. The lowest BCUT2D eigenvalue weighted by Gasteiger charge is -2.34. The number of quaternary nitrogens is 1. The molecule has 6 nitrogen and oxygen atoms in total. The summed E-state index contributed by atoms with van der Waals surface area (Å²) < 4.78 is 0. The van der Waals surface area contributed by atoms with Crippen molar-refractivity contribution in [3.05, 3.63) is 47.5 Å². The van der Waals surface area contributed by atoms with Gasteiger partial charge in [0.2, 0.25) is 0 Å². The first kappa shape index (κ1) is 17.9. The maximum absolute atomic E-state index is 12.9. The molecule has 4 rings (SSSR count). The van der Waals surface area contributed by atoms with Gasteiger partial charge in [0.25, 0.3) is 11.8 Å². The van der Waals surface area contributed by atoms with Crippen molar-refractivity contribution in [2.24, 2.45) is 0 Å². The molecule has 2 aromatic rings. The van der Waals surface area contributed by atoms with Crippen LogP contribution in [0.4, 0.5) is 0 Å². The van der Waals surface area contributed by atoms with Crippen LogP contribution in [0.1, 0.15) is 20.7 Å². The lowest BCUT2D eigenvalue weighted by molar-refractivity contribution is -0.903. The summed E-state index contributed by atoms with van der Waals surface area (Å²) in [6, 6.07) is 11.3. The molecule has 0 spiro atoms. The Morgan fingerprint density at radius 2 is 1.67 bits per heavy atom. The SMILES string of the molecule is CNC(=S)N1CC[NH+](CCN2C(=O)c3cccc4cccc(c34)C2=O)CC1. The standard InChI is InChI=1S/C20H22N4O2S/c1-21-20(27)23-11-8-22(9-12-23)10-13-24-18(25)15-6-2-4-14-5-3-7-16(17(14)15)19(24)26/h2-7H,8-13H2,1H3,(H,21,27)/p+1. The first-order valence-electron chi connectivity index (χ1n) is 9.28. The Labute approximate surface area is 163 Å². The summed E-state index contributed by atoms with van der Waals surface area (Å²) >= 11 is 5.29. The number of piperazine rings is 1. The average molecular weight is 383 g/mol. The van der Waals surface area contributed by atoms with Gasteiger partial charge in [0.05, 0.1) is 39.3 Å². The van der Waals surface area contributed by atoms with Crippen molar-refractivity contribution in [3.8, 4) is 0 Å². The van der Waals surface area contributed by atoms with Crippen molar-refractivity contribution in [3.63, 3.8) is 0 Å². The lowest BCUT2D eigenvalue weighted by Crippen LogP contribution is -3.15. The largest absolute Gasteiger partial charge is 0.366 e. The van der Waals surface area contributed by atoms with E-state index in [9.17, 15) is 9.59 Å². The van der Waals surface area contributed by atoms with Crippen molar-refractivity contribution >= 4 is 39.9 Å². The molecule has 2 N–H and O–H groups in total. The van der Waals surface area contributed by atoms with Gasteiger partial charge in [-0.25, -0.2) is 0 Å². The number of nitrogens with zero attached hydrogens (tertiary/aromatic N) is 2. The second kappa shape index (κ2) is 7.25. The van der Waals surface area contributed by atoms with Gasteiger partial charge < -0.3 is 15.1 Å². The molecule has 0 unspecified atom stereocenters. The van der Waals surface area contributed by atoms with Crippen molar-refractivity contribution < 1.29 is 14.5 Å². The molecule has 0 bridgehead atoms. The molecule has 2 aliphatic rings. The van der Waals surface area contributed by atoms with Crippen LogP contribution in [0.3, 0.4) is 0 Å². The van der Waals surface area contributed by atoms with Gasteiger partial charge in [-0.05, 0) is 29.7 Å². The van der Waals surface area contributed by atoms with E-state index in [1.165, 1.54) is 9.80 Å². The van der Waals surface area contributed by atoms with Gasteiger partial charge in [0, 0.05) is 23.6 Å². The highest BCUT2D eigenvalue weighted by Gasteiger charge is 2.33. The van der Waals surface area contributed by atoms with Crippen LogP contribution in [0.25, 0.3) is 10.8 Å². The zero-order valence-corrected chi connectivity index (χ0v) is 16.1. The van der Waals surface area contributed by atoms with Crippen LogP contribution < -0.4 is 10.2 Å². The molecule has 0 atom stereocenters. The van der Waals surface area contributed by atoms with Crippen molar-refractivity contribution in [1.82, 2.24) is 15.1 Å². The molecule has 0 saturated carbocycles. The minimum atomic E-state index is -0.182. The molecule has 1 fully saturated rings. The number of thiocarbonyl (C=S) groups is 1. The Bertz CT molecular complexity index is 871. The number of amides is 2. The second-order valence-electron chi connectivity index (χ2n) is 7.01. The Balaban J connectivity index is 1.46. The molecule has 27 heavy (non-hydrogen) atoms. The summed E-state index contributed by atoms with van der Waals surface area (Å²) in [5.41, 5.74) is 1.25. The molecule has 0 aliphatic carbocycles. The van der Waals surface area contributed by atoms with Crippen LogP contribution in [0.15, 0.2) is 36.4 Å². The van der Waals surface area contributed by atoms with Gasteiger partial charge >= 0.3 is 0 Å². The third kappa shape index (κ3) is 3.17. The van der Waals surface area contributed by atoms with E-state index in [4.69, 9.17) is 12.2 Å². The number of hydrogen-bond acceptors (Lipinski definition) is 3. The number of carbonyl (C=O) groups is 2. The van der Waals surface area contributed by atoms with Crippen molar-refractivity contribution in [1.29, 1.82) is 0 Å². The molecule has 2 heterocycles. The normalized spacial score (nSPS) is 17.5. The molecular weight excluding hydrogens is 360 g/mol. The number of carbonyl (C=O) groups excluding carboxylic acids is 2. The molecule has 7 heteroatoms. The molecule has 2 aromatic carbocycles. The Kier molecular flexibility index (Phi) is 4.80. The van der Waals surface area contributed by atoms with Gasteiger partial charge in [-0.3, -0.25) is 14.5 Å². The van der Waals surface area contributed by atoms with Gasteiger partial charge in [-0.15, -0.1) is 0 Å². The van der Waals surface area contributed by atoms with E-state index in [1.54, 1.807) is 0 Å². The van der Waals surface area contributed by atoms with E-state index in [1.807, 2.05) is 43.4 Å². The highest BCUT2D eigenvalue weighted by Crippen LogP contribution is 2.29. The molecule has 2 aliphatic heterocycles. The van der Waals surface area contributed by atoms with E-state index in [2.05, 4.69) is 10.2 Å². The van der Waals surface area contributed by atoms with E-state index in [0.717, 1.165) is 48.6 Å². The van der Waals surface area contributed by atoms with Crippen molar-refractivity contribution in [2.45, 2.75) is 0 Å². The van der Waals surface area contributed by atoms with Crippen LogP contribution in [0.2, 0.25) is 0 Å². The molecule has 140 valence electrons. The number of nitrogens with one attached hydrogen (secondary N) is 2. The maximum Gasteiger partial charge on any atom is 0.261 e. The molecule has 2 amide bonds. The van der Waals surface area contributed by atoms with E-state index >= 15 is 0 Å². The predicted molar refractivity (Wildman–Crippen MR) is 108 cm³/mol. The Hall–Kier alpha value is -2.51. The molecule has 1 saturated heterocycles. The number of hydrogen-bond donors (Lipinski definition) is 2. The fraction of sp³-hybridized carbons (Fsp3) is 0.350. The maximum atomic E-state index is 12.9. The summed E-state index contributed by atoms with van der Waals surface area (Å²) in [6.45, 7) is 4.87. The number of imide groups is 1. The van der Waals surface area contributed by atoms with Crippen LogP contribution in [-0.4, -0.2) is 73.0 Å². The summed E-state index contributed by atoms with van der Waals surface area (Å²) in [4.78, 5) is 30.8. The predicted octanol–water partition coefficient (Wildman–Crippen LogP) is 0.141. The Morgan fingerprint density at radius 1 is 1.07 bits per heavy atom. The van der Waals surface area contributed by atoms with Crippen LogP contribution in [0, 0.1) is 0 Å². The zero-order chi connectivity index (χ0) is 19.0.